The van der Waals surface area contributed by atoms with Crippen molar-refractivity contribution in [2.75, 3.05) is 13.1 Å². The minimum atomic E-state index is -3.52. The quantitative estimate of drug-likeness (QED) is 0.855. The molecule has 1 fully saturated rings. The molecular weight excluding hydrogens is 281 g/mol. The maximum absolute atomic E-state index is 13.8. The fraction of sp³-hybridized carbons (Fsp3) is 0.538. The Morgan fingerprint density at radius 1 is 1.25 bits per heavy atom. The number of rotatable bonds is 5. The number of nitrogens with zero attached hydrogens (tertiary/aromatic N) is 1. The number of halogens is 1. The number of benzene rings is 1. The highest BCUT2D eigenvalue weighted by Gasteiger charge is 2.23. The lowest BCUT2D eigenvalue weighted by Gasteiger charge is -2.25. The zero-order valence-electron chi connectivity index (χ0n) is 11.3. The van der Waals surface area contributed by atoms with Gasteiger partial charge in [-0.3, -0.25) is 0 Å². The molecule has 1 aliphatic rings. The first-order valence-corrected chi connectivity index (χ1v) is 8.19. The maximum atomic E-state index is 13.8. The second-order valence-corrected chi connectivity index (χ2v) is 6.67. The second-order valence-electron chi connectivity index (χ2n) is 4.92. The third-order valence-electron chi connectivity index (χ3n) is 3.45. The zero-order chi connectivity index (χ0) is 14.6. The third-order valence-corrected chi connectivity index (χ3v) is 5.01. The highest BCUT2D eigenvalue weighted by Crippen LogP contribution is 2.14. The van der Waals surface area contributed by atoms with Crippen molar-refractivity contribution in [1.82, 2.24) is 9.03 Å². The van der Waals surface area contributed by atoms with Gasteiger partial charge in [0.1, 0.15) is 5.82 Å². The van der Waals surface area contributed by atoms with Gasteiger partial charge in [0.15, 0.2) is 0 Å². The van der Waals surface area contributed by atoms with E-state index in [1.54, 1.807) is 12.1 Å². The first-order chi connectivity index (χ1) is 9.53. The summed E-state index contributed by atoms with van der Waals surface area (Å²) in [7, 11) is -3.52. The van der Waals surface area contributed by atoms with E-state index in [9.17, 15) is 12.8 Å². The lowest BCUT2D eigenvalue weighted by molar-refractivity contribution is 0.341. The van der Waals surface area contributed by atoms with Crippen LogP contribution in [0.4, 0.5) is 4.39 Å². The number of nitrogens with two attached hydrogens (primary N) is 1. The Kier molecular flexibility index (Phi) is 5.09. The summed E-state index contributed by atoms with van der Waals surface area (Å²) in [5.41, 5.74) is 6.43. The van der Waals surface area contributed by atoms with Crippen LogP contribution in [0.25, 0.3) is 0 Å². The van der Waals surface area contributed by atoms with E-state index in [1.165, 1.54) is 10.4 Å². The van der Waals surface area contributed by atoms with Gasteiger partial charge in [0.25, 0.3) is 10.2 Å². The lowest BCUT2D eigenvalue weighted by atomic mass is 10.1. The Bertz CT molecular complexity index is 557. The summed E-state index contributed by atoms with van der Waals surface area (Å²) in [5, 5.41) is 0. The van der Waals surface area contributed by atoms with Crippen LogP contribution in [0.15, 0.2) is 18.2 Å². The van der Waals surface area contributed by atoms with Crippen molar-refractivity contribution >= 4 is 10.2 Å². The molecule has 1 heterocycles. The number of piperidine rings is 1. The minimum Gasteiger partial charge on any atom is -0.326 e. The molecule has 1 aliphatic heterocycles. The van der Waals surface area contributed by atoms with Crippen LogP contribution in [0.2, 0.25) is 0 Å². The molecule has 0 unspecified atom stereocenters. The Balaban J connectivity index is 2.00. The van der Waals surface area contributed by atoms with Crippen LogP contribution in [0.1, 0.15) is 30.4 Å². The van der Waals surface area contributed by atoms with Crippen molar-refractivity contribution < 1.29 is 12.8 Å². The fourth-order valence-electron chi connectivity index (χ4n) is 2.23. The summed E-state index contributed by atoms with van der Waals surface area (Å²) < 4.78 is 41.8. The van der Waals surface area contributed by atoms with Gasteiger partial charge in [-0.25, -0.2) is 4.39 Å². The predicted octanol–water partition coefficient (Wildman–Crippen LogP) is 1.10. The van der Waals surface area contributed by atoms with Gasteiger partial charge in [0, 0.05) is 31.7 Å². The van der Waals surface area contributed by atoms with Crippen molar-refractivity contribution in [1.29, 1.82) is 0 Å². The Morgan fingerprint density at radius 2 is 1.95 bits per heavy atom. The molecule has 0 aliphatic carbocycles. The normalized spacial score (nSPS) is 17.3. The Labute approximate surface area is 119 Å². The first kappa shape index (κ1) is 15.4. The number of nitrogens with one attached hydrogen (secondary N) is 1. The van der Waals surface area contributed by atoms with E-state index in [0.29, 0.717) is 24.2 Å². The zero-order valence-corrected chi connectivity index (χ0v) is 12.1. The molecule has 1 saturated heterocycles. The van der Waals surface area contributed by atoms with Crippen molar-refractivity contribution in [3.05, 3.63) is 35.1 Å². The molecule has 0 radical (unpaired) electrons. The predicted molar refractivity (Wildman–Crippen MR) is 75.5 cm³/mol. The van der Waals surface area contributed by atoms with Gasteiger partial charge in [0.05, 0.1) is 0 Å². The second kappa shape index (κ2) is 6.62. The molecule has 3 N–H and O–H groups in total. The molecule has 7 heteroatoms. The Morgan fingerprint density at radius 3 is 2.55 bits per heavy atom. The molecule has 0 bridgehead atoms. The molecule has 112 valence electrons. The van der Waals surface area contributed by atoms with E-state index in [0.717, 1.165) is 19.3 Å². The average molecular weight is 301 g/mol. The van der Waals surface area contributed by atoms with E-state index in [-0.39, 0.29) is 13.1 Å². The van der Waals surface area contributed by atoms with Gasteiger partial charge >= 0.3 is 0 Å². The Hall–Kier alpha value is -1.02. The van der Waals surface area contributed by atoms with Crippen LogP contribution in [0.3, 0.4) is 0 Å². The molecule has 2 rings (SSSR count). The van der Waals surface area contributed by atoms with E-state index < -0.39 is 16.0 Å². The van der Waals surface area contributed by atoms with Gasteiger partial charge in [0.2, 0.25) is 0 Å². The summed E-state index contributed by atoms with van der Waals surface area (Å²) in [6.45, 7) is 1.28. The first-order valence-electron chi connectivity index (χ1n) is 6.75. The summed E-state index contributed by atoms with van der Waals surface area (Å²) in [6.07, 6.45) is 2.81. The van der Waals surface area contributed by atoms with Gasteiger partial charge in [-0.15, -0.1) is 0 Å². The smallest absolute Gasteiger partial charge is 0.279 e. The van der Waals surface area contributed by atoms with Crippen LogP contribution in [-0.4, -0.2) is 25.8 Å². The molecule has 20 heavy (non-hydrogen) atoms. The van der Waals surface area contributed by atoms with E-state index in [1.807, 2.05) is 0 Å². The van der Waals surface area contributed by atoms with Crippen molar-refractivity contribution in [3.8, 4) is 0 Å². The van der Waals surface area contributed by atoms with Crippen LogP contribution >= 0.6 is 0 Å². The number of hydrogen-bond acceptors (Lipinski definition) is 3. The molecule has 1 aromatic carbocycles. The third kappa shape index (κ3) is 3.76. The van der Waals surface area contributed by atoms with E-state index >= 15 is 0 Å². The van der Waals surface area contributed by atoms with Crippen LogP contribution in [0, 0.1) is 5.82 Å². The summed E-state index contributed by atoms with van der Waals surface area (Å²) >= 11 is 0. The molecule has 1 aromatic rings. The molecule has 0 saturated carbocycles. The monoisotopic (exact) mass is 301 g/mol. The molecule has 5 nitrogen and oxygen atoms in total. The molecule has 0 amide bonds. The van der Waals surface area contributed by atoms with Crippen LogP contribution in [-0.2, 0) is 23.3 Å². The molecular formula is C13H20FN3O2S. The fourth-order valence-corrected chi connectivity index (χ4v) is 3.49. The van der Waals surface area contributed by atoms with E-state index in [4.69, 9.17) is 5.73 Å². The van der Waals surface area contributed by atoms with Gasteiger partial charge in [-0.2, -0.15) is 17.4 Å². The average Bonchev–Trinajstić information content (AvgIpc) is 2.47. The van der Waals surface area contributed by atoms with Crippen molar-refractivity contribution in [2.45, 2.75) is 32.4 Å². The van der Waals surface area contributed by atoms with Crippen LogP contribution in [0.5, 0.6) is 0 Å². The van der Waals surface area contributed by atoms with E-state index in [2.05, 4.69) is 4.72 Å². The SMILES string of the molecule is NCc1ccc(CNS(=O)(=O)N2CCCCC2)c(F)c1. The maximum Gasteiger partial charge on any atom is 0.279 e. The topological polar surface area (TPSA) is 75.4 Å². The van der Waals surface area contributed by atoms with Gasteiger partial charge in [-0.1, -0.05) is 18.6 Å². The minimum absolute atomic E-state index is 0.0461. The van der Waals surface area contributed by atoms with Crippen molar-refractivity contribution in [2.24, 2.45) is 5.73 Å². The highest BCUT2D eigenvalue weighted by atomic mass is 32.2. The molecule has 0 aromatic heterocycles. The lowest BCUT2D eigenvalue weighted by Crippen LogP contribution is -2.43. The highest BCUT2D eigenvalue weighted by molar-refractivity contribution is 7.87. The molecule has 0 atom stereocenters. The standard InChI is InChI=1S/C13H20FN3O2S/c14-13-8-11(9-15)4-5-12(13)10-16-20(18,19)17-6-2-1-3-7-17/h4-5,8,16H,1-3,6-7,9-10,15H2. The van der Waals surface area contributed by atoms with Gasteiger partial charge in [-0.05, 0) is 24.5 Å². The molecule has 0 spiro atoms. The van der Waals surface area contributed by atoms with Crippen molar-refractivity contribution in [3.63, 3.8) is 0 Å². The largest absolute Gasteiger partial charge is 0.326 e. The summed E-state index contributed by atoms with van der Waals surface area (Å²) in [4.78, 5) is 0. The van der Waals surface area contributed by atoms with Gasteiger partial charge < -0.3 is 5.73 Å². The summed E-state index contributed by atoms with van der Waals surface area (Å²) in [5.74, 6) is -0.436. The van der Waals surface area contributed by atoms with Crippen LogP contribution < -0.4 is 10.5 Å². The number of hydrogen-bond donors (Lipinski definition) is 2. The summed E-state index contributed by atoms with van der Waals surface area (Å²) in [6, 6.07) is 4.61.